The lowest BCUT2D eigenvalue weighted by molar-refractivity contribution is -0.142. The van der Waals surface area contributed by atoms with E-state index in [1.54, 1.807) is 6.92 Å². The summed E-state index contributed by atoms with van der Waals surface area (Å²) < 4.78 is 17.4. The number of fused-ring (bicyclic) bond motifs is 1. The summed E-state index contributed by atoms with van der Waals surface area (Å²) >= 11 is 0. The fraction of sp³-hybridized carbons (Fsp3) is 0.357. The molecule has 0 radical (unpaired) electrons. The highest BCUT2D eigenvalue weighted by atomic mass is 16.5. The van der Waals surface area contributed by atoms with Crippen LogP contribution in [-0.2, 0) is 41.8 Å². The molecule has 2 aromatic carbocycles. The molecule has 4 rings (SSSR count). The Kier molecular flexibility index (Phi) is 7.61. The number of para-hydroxylation sites is 1. The van der Waals surface area contributed by atoms with Gasteiger partial charge < -0.3 is 14.2 Å². The van der Waals surface area contributed by atoms with E-state index in [2.05, 4.69) is 13.0 Å². The van der Waals surface area contributed by atoms with Crippen LogP contribution in [-0.4, -0.2) is 17.6 Å². The number of esters is 1. The second kappa shape index (κ2) is 11.0. The van der Waals surface area contributed by atoms with E-state index in [-0.39, 0.29) is 12.4 Å². The summed E-state index contributed by atoms with van der Waals surface area (Å²) in [5.41, 5.74) is 5.45. The molecule has 0 unspecified atom stereocenters. The molecule has 1 heterocycles. The van der Waals surface area contributed by atoms with E-state index < -0.39 is 0 Å². The Bertz CT molecular complexity index is 1090. The number of aryl methyl sites for hydroxylation is 2. The lowest BCUT2D eigenvalue weighted by Gasteiger charge is -2.20. The smallest absolute Gasteiger partial charge is 0.310 e. The molecule has 1 aliphatic rings. The number of ether oxygens (including phenoxy) is 3. The molecule has 1 aliphatic carbocycles. The molecule has 0 saturated heterocycles. The van der Waals surface area contributed by atoms with Crippen molar-refractivity contribution in [3.8, 4) is 17.2 Å². The Balaban J connectivity index is 1.42. The maximum Gasteiger partial charge on any atom is 0.310 e. The van der Waals surface area contributed by atoms with Gasteiger partial charge in [-0.25, -0.2) is 0 Å². The summed E-state index contributed by atoms with van der Waals surface area (Å²) in [4.78, 5) is 16.7. The van der Waals surface area contributed by atoms with Crippen LogP contribution in [0.25, 0.3) is 0 Å². The van der Waals surface area contributed by atoms with Crippen LogP contribution < -0.4 is 9.47 Å². The van der Waals surface area contributed by atoms with E-state index >= 15 is 0 Å². The lowest BCUT2D eigenvalue weighted by Crippen LogP contribution is -2.10. The quantitative estimate of drug-likeness (QED) is 0.378. The standard InChI is InChI=1S/C28H31NO4/c1-3-22-18-27(24-10-6-7-11-25(24)29-22)32-19-20-13-15-23(16-14-20)33-26-12-8-5-9-21(26)17-28(30)31-4-2/h5,8-9,12-16,18H,3-4,6-7,10-11,17,19H2,1-2H3. The van der Waals surface area contributed by atoms with Crippen molar-refractivity contribution in [2.75, 3.05) is 6.61 Å². The Morgan fingerprint density at radius 1 is 0.970 bits per heavy atom. The zero-order valence-corrected chi connectivity index (χ0v) is 19.4. The van der Waals surface area contributed by atoms with Crippen molar-refractivity contribution < 1.29 is 19.0 Å². The van der Waals surface area contributed by atoms with Gasteiger partial charge in [-0.15, -0.1) is 0 Å². The SMILES string of the molecule is CCOC(=O)Cc1ccccc1Oc1ccc(COc2cc(CC)nc3c2CCCC3)cc1. The average molecular weight is 446 g/mol. The lowest BCUT2D eigenvalue weighted by atomic mass is 9.94. The Hall–Kier alpha value is -3.34. The highest BCUT2D eigenvalue weighted by molar-refractivity contribution is 5.73. The molecule has 172 valence electrons. The molecule has 0 fully saturated rings. The van der Waals surface area contributed by atoms with Crippen LogP contribution in [0.5, 0.6) is 17.2 Å². The summed E-state index contributed by atoms with van der Waals surface area (Å²) in [6, 6.07) is 17.5. The van der Waals surface area contributed by atoms with Crippen molar-refractivity contribution in [3.63, 3.8) is 0 Å². The number of hydrogen-bond acceptors (Lipinski definition) is 5. The monoisotopic (exact) mass is 445 g/mol. The number of hydrogen-bond donors (Lipinski definition) is 0. The fourth-order valence-electron chi connectivity index (χ4n) is 4.09. The zero-order valence-electron chi connectivity index (χ0n) is 19.4. The molecular weight excluding hydrogens is 414 g/mol. The van der Waals surface area contributed by atoms with Crippen molar-refractivity contribution >= 4 is 5.97 Å². The van der Waals surface area contributed by atoms with E-state index in [0.717, 1.165) is 41.8 Å². The Morgan fingerprint density at radius 3 is 2.55 bits per heavy atom. The van der Waals surface area contributed by atoms with Gasteiger partial charge in [-0.2, -0.15) is 0 Å². The molecule has 5 nitrogen and oxygen atoms in total. The van der Waals surface area contributed by atoms with Crippen molar-refractivity contribution in [1.82, 2.24) is 4.98 Å². The van der Waals surface area contributed by atoms with Gasteiger partial charge in [0.2, 0.25) is 0 Å². The van der Waals surface area contributed by atoms with Crippen molar-refractivity contribution in [1.29, 1.82) is 0 Å². The fourth-order valence-corrected chi connectivity index (χ4v) is 4.09. The van der Waals surface area contributed by atoms with Gasteiger partial charge in [-0.1, -0.05) is 37.3 Å². The molecular formula is C28H31NO4. The van der Waals surface area contributed by atoms with Gasteiger partial charge in [0.1, 0.15) is 23.9 Å². The second-order valence-electron chi connectivity index (χ2n) is 8.22. The van der Waals surface area contributed by atoms with Crippen molar-refractivity contribution in [2.24, 2.45) is 0 Å². The first-order valence-electron chi connectivity index (χ1n) is 11.8. The molecule has 0 bridgehead atoms. The number of carbonyl (C=O) groups is 1. The summed E-state index contributed by atoms with van der Waals surface area (Å²) in [6.07, 6.45) is 5.58. The van der Waals surface area contributed by atoms with E-state index in [1.165, 1.54) is 24.1 Å². The zero-order chi connectivity index (χ0) is 23.0. The van der Waals surface area contributed by atoms with E-state index in [1.807, 2.05) is 48.5 Å². The van der Waals surface area contributed by atoms with Crippen molar-refractivity contribution in [2.45, 2.75) is 59.0 Å². The van der Waals surface area contributed by atoms with Gasteiger partial charge in [-0.3, -0.25) is 9.78 Å². The van der Waals surface area contributed by atoms with E-state index in [4.69, 9.17) is 19.2 Å². The summed E-state index contributed by atoms with van der Waals surface area (Å²) in [5, 5.41) is 0. The molecule has 0 N–H and O–H groups in total. The average Bonchev–Trinajstić information content (AvgIpc) is 2.84. The van der Waals surface area contributed by atoms with Gasteiger partial charge in [-0.05, 0) is 62.8 Å². The van der Waals surface area contributed by atoms with E-state index in [9.17, 15) is 4.79 Å². The summed E-state index contributed by atoms with van der Waals surface area (Å²) in [5.74, 6) is 2.09. The minimum atomic E-state index is -0.259. The Labute approximate surface area is 195 Å². The van der Waals surface area contributed by atoms with Gasteiger partial charge in [0.15, 0.2) is 0 Å². The number of benzene rings is 2. The topological polar surface area (TPSA) is 57.7 Å². The molecule has 0 amide bonds. The van der Waals surface area contributed by atoms with Crippen LogP contribution in [0.1, 0.15) is 54.8 Å². The predicted octanol–water partition coefficient (Wildman–Crippen LogP) is 6.00. The maximum absolute atomic E-state index is 11.9. The van der Waals surface area contributed by atoms with Gasteiger partial charge in [0.25, 0.3) is 0 Å². The minimum absolute atomic E-state index is 0.186. The predicted molar refractivity (Wildman–Crippen MR) is 128 cm³/mol. The van der Waals surface area contributed by atoms with Gasteiger partial charge in [0.05, 0.1) is 13.0 Å². The minimum Gasteiger partial charge on any atom is -0.488 e. The molecule has 0 saturated carbocycles. The highest BCUT2D eigenvalue weighted by Crippen LogP contribution is 2.31. The molecule has 0 atom stereocenters. The van der Waals surface area contributed by atoms with Crippen molar-refractivity contribution in [3.05, 3.63) is 82.7 Å². The number of nitrogens with zero attached hydrogens (tertiary/aromatic N) is 1. The van der Waals surface area contributed by atoms with Crippen LogP contribution in [0.4, 0.5) is 0 Å². The van der Waals surface area contributed by atoms with Crippen LogP contribution in [0.2, 0.25) is 0 Å². The van der Waals surface area contributed by atoms with Gasteiger partial charge >= 0.3 is 5.97 Å². The normalized spacial score (nSPS) is 12.7. The molecule has 33 heavy (non-hydrogen) atoms. The summed E-state index contributed by atoms with van der Waals surface area (Å²) in [6.45, 7) is 4.80. The van der Waals surface area contributed by atoms with Gasteiger partial charge in [0, 0.05) is 28.6 Å². The first-order valence-corrected chi connectivity index (χ1v) is 11.8. The molecule has 0 spiro atoms. The van der Waals surface area contributed by atoms with Crippen LogP contribution in [0.15, 0.2) is 54.6 Å². The van der Waals surface area contributed by atoms with Crippen LogP contribution >= 0.6 is 0 Å². The third-order valence-electron chi connectivity index (χ3n) is 5.83. The first kappa shape index (κ1) is 22.8. The van der Waals surface area contributed by atoms with E-state index in [0.29, 0.717) is 24.7 Å². The maximum atomic E-state index is 11.9. The molecule has 1 aromatic heterocycles. The molecule has 0 aliphatic heterocycles. The third-order valence-corrected chi connectivity index (χ3v) is 5.83. The largest absolute Gasteiger partial charge is 0.488 e. The third kappa shape index (κ3) is 5.92. The Morgan fingerprint density at radius 2 is 1.76 bits per heavy atom. The molecule has 5 heteroatoms. The number of carbonyl (C=O) groups excluding carboxylic acids is 1. The first-order chi connectivity index (χ1) is 16.2. The highest BCUT2D eigenvalue weighted by Gasteiger charge is 2.17. The molecule has 3 aromatic rings. The number of rotatable bonds is 9. The van der Waals surface area contributed by atoms with Crippen LogP contribution in [0.3, 0.4) is 0 Å². The second-order valence-corrected chi connectivity index (χ2v) is 8.22. The van der Waals surface area contributed by atoms with Crippen LogP contribution in [0, 0.1) is 0 Å². The number of pyridine rings is 1. The number of aromatic nitrogens is 1. The summed E-state index contributed by atoms with van der Waals surface area (Å²) in [7, 11) is 0.